The summed E-state index contributed by atoms with van der Waals surface area (Å²) < 4.78 is 0. The van der Waals surface area contributed by atoms with Crippen molar-refractivity contribution in [1.29, 1.82) is 0 Å². The number of benzene rings is 2. The number of hydrogen-bond donors (Lipinski definition) is 3. The first-order chi connectivity index (χ1) is 8.63. The lowest BCUT2D eigenvalue weighted by molar-refractivity contribution is 0.262. The van der Waals surface area contributed by atoms with Crippen LogP contribution in [0.5, 0.6) is 5.75 Å². The summed E-state index contributed by atoms with van der Waals surface area (Å²) in [7, 11) is 0. The summed E-state index contributed by atoms with van der Waals surface area (Å²) in [6.07, 6.45) is 0. The Morgan fingerprint density at radius 2 is 1.33 bits per heavy atom. The van der Waals surface area contributed by atoms with E-state index in [1.54, 1.807) is 12.1 Å². The summed E-state index contributed by atoms with van der Waals surface area (Å²) in [5, 5.41) is 14.5. The Labute approximate surface area is 105 Å². The molecule has 92 valence electrons. The summed E-state index contributed by atoms with van der Waals surface area (Å²) in [6, 6.07) is 13.5. The fraction of sp³-hybridized carbons (Fsp3) is 0.0714. The zero-order chi connectivity index (χ0) is 13.0. The number of hydrogen-bond acceptors (Lipinski definition) is 2. The highest BCUT2D eigenvalue weighted by molar-refractivity contribution is 5.99. The van der Waals surface area contributed by atoms with Gasteiger partial charge in [-0.1, -0.05) is 17.7 Å². The average molecular weight is 242 g/mol. The van der Waals surface area contributed by atoms with Crippen LogP contribution < -0.4 is 10.6 Å². The largest absolute Gasteiger partial charge is 0.508 e. The van der Waals surface area contributed by atoms with E-state index in [0.717, 1.165) is 11.3 Å². The molecule has 0 aliphatic carbocycles. The van der Waals surface area contributed by atoms with Gasteiger partial charge >= 0.3 is 6.03 Å². The zero-order valence-corrected chi connectivity index (χ0v) is 9.97. The van der Waals surface area contributed by atoms with E-state index in [9.17, 15) is 4.79 Å². The molecular formula is C14H14N2O2. The van der Waals surface area contributed by atoms with Gasteiger partial charge in [0, 0.05) is 11.4 Å². The second-order valence-corrected chi connectivity index (χ2v) is 3.99. The molecule has 4 heteroatoms. The Morgan fingerprint density at radius 3 is 1.83 bits per heavy atom. The van der Waals surface area contributed by atoms with E-state index in [1.807, 2.05) is 31.2 Å². The SMILES string of the molecule is Cc1ccc(NC(=O)Nc2ccc(O)cc2)cc1. The van der Waals surface area contributed by atoms with Crippen LogP contribution in [0.15, 0.2) is 48.5 Å². The molecule has 0 aromatic heterocycles. The third-order valence-electron chi connectivity index (χ3n) is 2.43. The van der Waals surface area contributed by atoms with Crippen molar-refractivity contribution >= 4 is 17.4 Å². The summed E-state index contributed by atoms with van der Waals surface area (Å²) in [5.74, 6) is 0.166. The lowest BCUT2D eigenvalue weighted by Gasteiger charge is -2.07. The van der Waals surface area contributed by atoms with Gasteiger partial charge in [-0.15, -0.1) is 0 Å². The maximum Gasteiger partial charge on any atom is 0.323 e. The van der Waals surface area contributed by atoms with Gasteiger partial charge in [0.2, 0.25) is 0 Å². The Kier molecular flexibility index (Phi) is 3.48. The number of phenols is 1. The molecule has 2 rings (SSSR count). The van der Waals surface area contributed by atoms with Crippen LogP contribution in [0.2, 0.25) is 0 Å². The van der Waals surface area contributed by atoms with Crippen molar-refractivity contribution in [3.05, 3.63) is 54.1 Å². The molecule has 2 aromatic rings. The standard InChI is InChI=1S/C14H14N2O2/c1-10-2-4-11(5-3-10)15-14(18)16-12-6-8-13(17)9-7-12/h2-9,17H,1H3,(H2,15,16,18). The zero-order valence-electron chi connectivity index (χ0n) is 9.97. The molecule has 0 fully saturated rings. The maximum absolute atomic E-state index is 11.7. The van der Waals surface area contributed by atoms with Gasteiger partial charge in [-0.05, 0) is 43.3 Å². The number of phenolic OH excluding ortho intramolecular Hbond substituents is 1. The number of amides is 2. The Hall–Kier alpha value is -2.49. The van der Waals surface area contributed by atoms with Crippen molar-refractivity contribution in [3.63, 3.8) is 0 Å². The fourth-order valence-electron chi connectivity index (χ4n) is 1.48. The van der Waals surface area contributed by atoms with Crippen molar-refractivity contribution in [2.45, 2.75) is 6.92 Å². The topological polar surface area (TPSA) is 61.4 Å². The molecule has 0 unspecified atom stereocenters. The van der Waals surface area contributed by atoms with Crippen LogP contribution in [0, 0.1) is 6.92 Å². The number of aromatic hydroxyl groups is 1. The van der Waals surface area contributed by atoms with E-state index in [-0.39, 0.29) is 11.8 Å². The summed E-state index contributed by atoms with van der Waals surface area (Å²) in [4.78, 5) is 11.7. The molecule has 0 saturated carbocycles. The van der Waals surface area contributed by atoms with Gasteiger partial charge in [-0.3, -0.25) is 0 Å². The van der Waals surface area contributed by atoms with Crippen LogP contribution in [-0.2, 0) is 0 Å². The highest BCUT2D eigenvalue weighted by Gasteiger charge is 2.02. The molecule has 2 amide bonds. The number of carbonyl (C=O) groups excluding carboxylic acids is 1. The molecule has 2 aromatic carbocycles. The molecule has 0 spiro atoms. The normalized spacial score (nSPS) is 9.83. The van der Waals surface area contributed by atoms with Gasteiger partial charge in [0.25, 0.3) is 0 Å². The molecule has 0 heterocycles. The predicted octanol–water partition coefficient (Wildman–Crippen LogP) is 3.34. The second-order valence-electron chi connectivity index (χ2n) is 3.99. The minimum Gasteiger partial charge on any atom is -0.508 e. The molecule has 0 atom stereocenters. The number of nitrogens with one attached hydrogen (secondary N) is 2. The molecule has 18 heavy (non-hydrogen) atoms. The molecule has 0 aliphatic rings. The van der Waals surface area contributed by atoms with Crippen LogP contribution in [0.1, 0.15) is 5.56 Å². The molecule has 0 saturated heterocycles. The molecule has 0 aliphatic heterocycles. The molecule has 3 N–H and O–H groups in total. The van der Waals surface area contributed by atoms with Crippen LogP contribution in [0.4, 0.5) is 16.2 Å². The van der Waals surface area contributed by atoms with Crippen LogP contribution >= 0.6 is 0 Å². The monoisotopic (exact) mass is 242 g/mol. The van der Waals surface area contributed by atoms with Gasteiger partial charge < -0.3 is 15.7 Å². The first-order valence-electron chi connectivity index (χ1n) is 5.57. The van der Waals surface area contributed by atoms with Crippen molar-refractivity contribution in [1.82, 2.24) is 0 Å². The molecular weight excluding hydrogens is 228 g/mol. The summed E-state index contributed by atoms with van der Waals surface area (Å²) in [6.45, 7) is 1.99. The number of carbonyl (C=O) groups is 1. The predicted molar refractivity (Wildman–Crippen MR) is 71.9 cm³/mol. The minimum absolute atomic E-state index is 0.166. The van der Waals surface area contributed by atoms with E-state index >= 15 is 0 Å². The van der Waals surface area contributed by atoms with Crippen LogP contribution in [-0.4, -0.2) is 11.1 Å². The van der Waals surface area contributed by atoms with Gasteiger partial charge in [-0.2, -0.15) is 0 Å². The lowest BCUT2D eigenvalue weighted by Crippen LogP contribution is -2.19. The van der Waals surface area contributed by atoms with Gasteiger partial charge in [-0.25, -0.2) is 4.79 Å². The highest BCUT2D eigenvalue weighted by Crippen LogP contribution is 2.14. The van der Waals surface area contributed by atoms with E-state index < -0.39 is 0 Å². The van der Waals surface area contributed by atoms with Crippen molar-refractivity contribution in [2.75, 3.05) is 10.6 Å². The van der Waals surface area contributed by atoms with Gasteiger partial charge in [0.1, 0.15) is 5.75 Å². The first-order valence-corrected chi connectivity index (χ1v) is 5.57. The summed E-state index contributed by atoms with van der Waals surface area (Å²) in [5.41, 5.74) is 2.49. The lowest BCUT2D eigenvalue weighted by atomic mass is 10.2. The van der Waals surface area contributed by atoms with Crippen molar-refractivity contribution in [2.24, 2.45) is 0 Å². The number of rotatable bonds is 2. The van der Waals surface area contributed by atoms with E-state index in [1.165, 1.54) is 12.1 Å². The molecule has 0 bridgehead atoms. The Balaban J connectivity index is 1.96. The smallest absolute Gasteiger partial charge is 0.323 e. The second kappa shape index (κ2) is 5.23. The third kappa shape index (κ3) is 3.25. The number of anilines is 2. The van der Waals surface area contributed by atoms with Gasteiger partial charge in [0.15, 0.2) is 0 Å². The minimum atomic E-state index is -0.315. The first kappa shape index (κ1) is 12.0. The summed E-state index contributed by atoms with van der Waals surface area (Å²) >= 11 is 0. The third-order valence-corrected chi connectivity index (χ3v) is 2.43. The molecule has 4 nitrogen and oxygen atoms in total. The number of aryl methyl sites for hydroxylation is 1. The van der Waals surface area contributed by atoms with Crippen LogP contribution in [0.25, 0.3) is 0 Å². The Morgan fingerprint density at radius 1 is 0.889 bits per heavy atom. The fourth-order valence-corrected chi connectivity index (χ4v) is 1.48. The van der Waals surface area contributed by atoms with Gasteiger partial charge in [0.05, 0.1) is 0 Å². The van der Waals surface area contributed by atoms with E-state index in [2.05, 4.69) is 10.6 Å². The van der Waals surface area contributed by atoms with Crippen molar-refractivity contribution in [3.8, 4) is 5.75 Å². The Bertz CT molecular complexity index is 483. The average Bonchev–Trinajstić information content (AvgIpc) is 2.35. The maximum atomic E-state index is 11.7. The van der Waals surface area contributed by atoms with Crippen LogP contribution in [0.3, 0.4) is 0 Å². The number of urea groups is 1. The molecule has 0 radical (unpaired) electrons. The van der Waals surface area contributed by atoms with Crippen molar-refractivity contribution < 1.29 is 9.90 Å². The van der Waals surface area contributed by atoms with E-state index in [4.69, 9.17) is 5.11 Å². The van der Waals surface area contributed by atoms with E-state index in [0.29, 0.717) is 5.69 Å². The quantitative estimate of drug-likeness (QED) is 0.707. The highest BCUT2D eigenvalue weighted by atomic mass is 16.3.